The zero-order valence-electron chi connectivity index (χ0n) is 17.8. The van der Waals surface area contributed by atoms with E-state index < -0.39 is 0 Å². The largest absolute Gasteiger partial charge is 0.366 e. The smallest absolute Gasteiger partial charge is 0.249 e. The number of carbonyl (C=O) groups is 1. The van der Waals surface area contributed by atoms with Crippen LogP contribution in [0.1, 0.15) is 73.9 Å². The summed E-state index contributed by atoms with van der Waals surface area (Å²) < 4.78 is 0. The highest BCUT2D eigenvalue weighted by molar-refractivity contribution is 5.98. The molecule has 0 spiro atoms. The van der Waals surface area contributed by atoms with E-state index in [0.717, 1.165) is 51.0 Å². The van der Waals surface area contributed by atoms with Gasteiger partial charge in [-0.25, -0.2) is 0 Å². The van der Waals surface area contributed by atoms with Crippen LogP contribution in [-0.2, 0) is 5.54 Å². The molecule has 1 aromatic carbocycles. The molecule has 1 aromatic rings. The highest BCUT2D eigenvalue weighted by atomic mass is 16.1. The summed E-state index contributed by atoms with van der Waals surface area (Å²) >= 11 is 0. The summed E-state index contributed by atoms with van der Waals surface area (Å²) in [6.07, 6.45) is 9.32. The fourth-order valence-corrected chi connectivity index (χ4v) is 5.17. The molecule has 2 aliphatic carbocycles. The molecule has 1 aliphatic heterocycles. The molecule has 3 aliphatic rings. The van der Waals surface area contributed by atoms with Gasteiger partial charge in [0.25, 0.3) is 0 Å². The first-order valence-electron chi connectivity index (χ1n) is 10.9. The molecule has 0 aromatic heterocycles. The molecule has 152 valence electrons. The van der Waals surface area contributed by atoms with Gasteiger partial charge in [0.1, 0.15) is 0 Å². The van der Waals surface area contributed by atoms with Crippen LogP contribution in [0.25, 0.3) is 5.57 Å². The van der Waals surface area contributed by atoms with E-state index >= 15 is 0 Å². The predicted octanol–water partition coefficient (Wildman–Crippen LogP) is 4.01. The van der Waals surface area contributed by atoms with Gasteiger partial charge in [-0.3, -0.25) is 9.69 Å². The van der Waals surface area contributed by atoms with Crippen molar-refractivity contribution in [1.29, 1.82) is 0 Å². The normalized spacial score (nSPS) is 25.0. The molecule has 1 saturated heterocycles. The van der Waals surface area contributed by atoms with E-state index in [1.54, 1.807) is 0 Å². The number of primary amides is 1. The molecule has 2 N–H and O–H groups in total. The molecule has 0 bridgehead atoms. The highest BCUT2D eigenvalue weighted by Crippen LogP contribution is 2.48. The number of carbonyl (C=O) groups excluding carboxylic acids is 1. The Kier molecular flexibility index (Phi) is 5.13. The molecule has 0 radical (unpaired) electrons. The summed E-state index contributed by atoms with van der Waals surface area (Å²) in [7, 11) is 2.21. The molecule has 0 atom stereocenters. The van der Waals surface area contributed by atoms with Crippen molar-refractivity contribution in [1.82, 2.24) is 9.80 Å². The molecule has 4 heteroatoms. The van der Waals surface area contributed by atoms with Gasteiger partial charge in [0.2, 0.25) is 5.91 Å². The average molecular weight is 382 g/mol. The monoisotopic (exact) mass is 381 g/mol. The quantitative estimate of drug-likeness (QED) is 0.857. The van der Waals surface area contributed by atoms with Crippen LogP contribution in [0, 0.1) is 5.41 Å². The molecule has 2 fully saturated rings. The third kappa shape index (κ3) is 3.53. The van der Waals surface area contributed by atoms with Crippen LogP contribution < -0.4 is 5.73 Å². The molecular formula is C24H35N3O. The summed E-state index contributed by atoms with van der Waals surface area (Å²) in [5.74, 6) is -0.311. The summed E-state index contributed by atoms with van der Waals surface area (Å²) in [4.78, 5) is 17.3. The molecule has 1 heterocycles. The van der Waals surface area contributed by atoms with Crippen LogP contribution in [0.3, 0.4) is 0 Å². The summed E-state index contributed by atoms with van der Waals surface area (Å²) in [6, 6.07) is 6.47. The van der Waals surface area contributed by atoms with Crippen molar-refractivity contribution in [2.75, 3.05) is 33.2 Å². The van der Waals surface area contributed by atoms with Crippen molar-refractivity contribution in [3.8, 4) is 0 Å². The van der Waals surface area contributed by atoms with Gasteiger partial charge in [-0.2, -0.15) is 0 Å². The number of rotatable bonds is 4. The lowest BCUT2D eigenvalue weighted by molar-refractivity contribution is -0.0180. The van der Waals surface area contributed by atoms with Crippen LogP contribution in [0.15, 0.2) is 24.3 Å². The lowest BCUT2D eigenvalue weighted by atomic mass is 9.69. The molecule has 0 unspecified atom stereocenters. The number of likely N-dealkylation sites (N-methyl/N-ethyl adjacent to an activating group) is 1. The van der Waals surface area contributed by atoms with Crippen LogP contribution in [0.2, 0.25) is 0 Å². The second-order valence-electron chi connectivity index (χ2n) is 9.90. The standard InChI is InChI=1S/C24H35N3O/c1-23(2)11-7-18(8-12-23)21-17-19(5-6-20(21)22(25)28)24(9-4-10-24)27-15-13-26(3)14-16-27/h5-7,17H,4,8-16H2,1-3H3,(H2,25,28). The fraction of sp³-hybridized carbons (Fsp3) is 0.625. The van der Waals surface area contributed by atoms with Crippen molar-refractivity contribution in [2.45, 2.75) is 57.9 Å². The van der Waals surface area contributed by atoms with E-state index in [0.29, 0.717) is 11.0 Å². The number of nitrogens with zero attached hydrogens (tertiary/aromatic N) is 2. The zero-order chi connectivity index (χ0) is 19.9. The summed E-state index contributed by atoms with van der Waals surface area (Å²) in [5, 5.41) is 0. The lowest BCUT2D eigenvalue weighted by Gasteiger charge is -2.53. The minimum absolute atomic E-state index is 0.153. The van der Waals surface area contributed by atoms with E-state index in [1.165, 1.54) is 30.4 Å². The summed E-state index contributed by atoms with van der Waals surface area (Å²) in [5.41, 5.74) is 10.7. The average Bonchev–Trinajstić information content (AvgIpc) is 2.62. The van der Waals surface area contributed by atoms with E-state index in [-0.39, 0.29) is 11.4 Å². The Morgan fingerprint density at radius 3 is 2.32 bits per heavy atom. The Hall–Kier alpha value is -1.65. The molecule has 4 nitrogen and oxygen atoms in total. The Bertz CT molecular complexity index is 783. The molecule has 28 heavy (non-hydrogen) atoms. The van der Waals surface area contributed by atoms with Gasteiger partial charge in [0.15, 0.2) is 0 Å². The zero-order valence-corrected chi connectivity index (χ0v) is 17.8. The van der Waals surface area contributed by atoms with Crippen molar-refractivity contribution < 1.29 is 4.79 Å². The number of hydrogen-bond donors (Lipinski definition) is 1. The van der Waals surface area contributed by atoms with Gasteiger partial charge in [0, 0.05) is 37.3 Å². The second kappa shape index (κ2) is 7.31. The molecule has 1 saturated carbocycles. The number of hydrogen-bond acceptors (Lipinski definition) is 3. The van der Waals surface area contributed by atoms with Gasteiger partial charge in [-0.1, -0.05) is 26.0 Å². The van der Waals surface area contributed by atoms with Crippen LogP contribution in [0.4, 0.5) is 0 Å². The first kappa shape index (κ1) is 19.7. The maximum atomic E-state index is 12.2. The minimum atomic E-state index is -0.311. The van der Waals surface area contributed by atoms with Crippen LogP contribution in [0.5, 0.6) is 0 Å². The Labute approximate surface area is 169 Å². The van der Waals surface area contributed by atoms with E-state index in [2.05, 4.69) is 48.9 Å². The van der Waals surface area contributed by atoms with Crippen molar-refractivity contribution >= 4 is 11.5 Å². The van der Waals surface area contributed by atoms with Crippen molar-refractivity contribution in [3.05, 3.63) is 41.0 Å². The second-order valence-corrected chi connectivity index (χ2v) is 9.90. The van der Waals surface area contributed by atoms with Crippen LogP contribution in [-0.4, -0.2) is 48.9 Å². The number of benzene rings is 1. The van der Waals surface area contributed by atoms with Crippen molar-refractivity contribution in [2.24, 2.45) is 11.1 Å². The topological polar surface area (TPSA) is 49.6 Å². The van der Waals surface area contributed by atoms with Gasteiger partial charge >= 0.3 is 0 Å². The maximum absolute atomic E-state index is 12.2. The lowest BCUT2D eigenvalue weighted by Crippen LogP contribution is -2.57. The maximum Gasteiger partial charge on any atom is 0.249 e. The van der Waals surface area contributed by atoms with E-state index in [4.69, 9.17) is 5.73 Å². The Balaban J connectivity index is 1.71. The van der Waals surface area contributed by atoms with Gasteiger partial charge in [0.05, 0.1) is 0 Å². The van der Waals surface area contributed by atoms with Crippen molar-refractivity contribution in [3.63, 3.8) is 0 Å². The number of allylic oxidation sites excluding steroid dienone is 2. The van der Waals surface area contributed by atoms with E-state index in [9.17, 15) is 4.79 Å². The SMILES string of the molecule is CN1CCN(C2(c3ccc(C(N)=O)c(C4=CCC(C)(C)CC4)c3)CCC2)CC1. The number of piperazine rings is 1. The molecule has 1 amide bonds. The Morgan fingerprint density at radius 1 is 1.07 bits per heavy atom. The molecular weight excluding hydrogens is 346 g/mol. The van der Waals surface area contributed by atoms with Gasteiger partial charge in [-0.05, 0) is 79.8 Å². The van der Waals surface area contributed by atoms with Gasteiger partial charge < -0.3 is 10.6 Å². The third-order valence-corrected chi connectivity index (χ3v) is 7.43. The third-order valence-electron chi connectivity index (χ3n) is 7.43. The molecule has 4 rings (SSSR count). The summed E-state index contributed by atoms with van der Waals surface area (Å²) in [6.45, 7) is 9.16. The van der Waals surface area contributed by atoms with Crippen LogP contribution >= 0.6 is 0 Å². The Morgan fingerprint density at radius 2 is 1.79 bits per heavy atom. The first-order valence-corrected chi connectivity index (χ1v) is 10.9. The predicted molar refractivity (Wildman–Crippen MR) is 115 cm³/mol. The highest BCUT2D eigenvalue weighted by Gasteiger charge is 2.44. The number of amides is 1. The van der Waals surface area contributed by atoms with Gasteiger partial charge in [-0.15, -0.1) is 0 Å². The fourth-order valence-electron chi connectivity index (χ4n) is 5.17. The first-order chi connectivity index (χ1) is 13.3. The minimum Gasteiger partial charge on any atom is -0.366 e. The van der Waals surface area contributed by atoms with E-state index in [1.807, 2.05) is 6.07 Å². The number of nitrogens with two attached hydrogens (primary N) is 1.